The first-order valence-electron chi connectivity index (χ1n) is 6.39. The zero-order valence-corrected chi connectivity index (χ0v) is 16.5. The molecule has 1 N–H and O–H groups in total. The minimum atomic E-state index is -0.0118. The summed E-state index contributed by atoms with van der Waals surface area (Å²) in [6.07, 6.45) is 0. The van der Waals surface area contributed by atoms with Gasteiger partial charge in [-0.1, -0.05) is 20.8 Å². The molecule has 2 rings (SSSR count). The molecule has 2 aromatic rings. The molecule has 0 saturated carbocycles. The topological polar surface area (TPSA) is 37.8 Å². The SMILES string of the molecule is CCNc1nc(-c2sccc2Br)nc(C(C)(C)C)c1I. The van der Waals surface area contributed by atoms with Gasteiger partial charge in [-0.25, -0.2) is 9.97 Å². The molecule has 0 unspecified atom stereocenters. The second-order valence-electron chi connectivity index (χ2n) is 5.44. The molecule has 2 heterocycles. The fourth-order valence-corrected chi connectivity index (χ4v) is 4.51. The molecule has 0 fully saturated rings. The normalized spacial score (nSPS) is 11.7. The summed E-state index contributed by atoms with van der Waals surface area (Å²) in [5.74, 6) is 1.71. The molecule has 0 bridgehead atoms. The van der Waals surface area contributed by atoms with E-state index in [1.54, 1.807) is 11.3 Å². The Hall–Kier alpha value is -0.210. The largest absolute Gasteiger partial charge is 0.369 e. The van der Waals surface area contributed by atoms with E-state index < -0.39 is 0 Å². The lowest BCUT2D eigenvalue weighted by atomic mass is 9.92. The van der Waals surface area contributed by atoms with E-state index in [-0.39, 0.29) is 5.41 Å². The predicted molar refractivity (Wildman–Crippen MR) is 98.6 cm³/mol. The first kappa shape index (κ1) is 16.2. The maximum Gasteiger partial charge on any atom is 0.173 e. The third-order valence-electron chi connectivity index (χ3n) is 2.73. The minimum Gasteiger partial charge on any atom is -0.369 e. The molecule has 0 aliphatic heterocycles. The minimum absolute atomic E-state index is 0.0118. The average Bonchev–Trinajstić information content (AvgIpc) is 2.77. The zero-order chi connectivity index (χ0) is 14.9. The van der Waals surface area contributed by atoms with Gasteiger partial charge in [-0.2, -0.15) is 0 Å². The molecule has 0 aliphatic rings. The van der Waals surface area contributed by atoms with Gasteiger partial charge in [0.1, 0.15) is 5.82 Å². The van der Waals surface area contributed by atoms with Crippen molar-refractivity contribution in [1.29, 1.82) is 0 Å². The van der Waals surface area contributed by atoms with Gasteiger partial charge in [0.25, 0.3) is 0 Å². The van der Waals surface area contributed by atoms with Crippen LogP contribution in [-0.4, -0.2) is 16.5 Å². The van der Waals surface area contributed by atoms with Crippen molar-refractivity contribution in [2.75, 3.05) is 11.9 Å². The van der Waals surface area contributed by atoms with Crippen molar-refractivity contribution in [1.82, 2.24) is 9.97 Å². The number of halogens is 2. The van der Waals surface area contributed by atoms with Gasteiger partial charge in [-0.05, 0) is 56.9 Å². The van der Waals surface area contributed by atoms with Crippen molar-refractivity contribution in [2.24, 2.45) is 0 Å². The number of thiophene rings is 1. The molecular weight excluding hydrogens is 449 g/mol. The summed E-state index contributed by atoms with van der Waals surface area (Å²) >= 11 is 7.56. The highest BCUT2D eigenvalue weighted by Crippen LogP contribution is 2.36. The van der Waals surface area contributed by atoms with Crippen LogP contribution in [0.1, 0.15) is 33.4 Å². The Morgan fingerprint density at radius 3 is 2.55 bits per heavy atom. The number of hydrogen-bond donors (Lipinski definition) is 1. The maximum absolute atomic E-state index is 4.81. The summed E-state index contributed by atoms with van der Waals surface area (Å²) in [6, 6.07) is 2.03. The van der Waals surface area contributed by atoms with Crippen LogP contribution in [0.2, 0.25) is 0 Å². The number of nitrogens with zero attached hydrogens (tertiary/aromatic N) is 2. The van der Waals surface area contributed by atoms with E-state index in [0.717, 1.165) is 36.8 Å². The van der Waals surface area contributed by atoms with Crippen LogP contribution >= 0.6 is 49.9 Å². The summed E-state index contributed by atoms with van der Waals surface area (Å²) in [7, 11) is 0. The Morgan fingerprint density at radius 2 is 2.05 bits per heavy atom. The molecule has 0 amide bonds. The highest BCUT2D eigenvalue weighted by Gasteiger charge is 2.24. The summed E-state index contributed by atoms with van der Waals surface area (Å²) in [5, 5.41) is 5.39. The predicted octanol–water partition coefficient (Wildman–Crippen LogP) is 5.30. The molecule has 2 aromatic heterocycles. The Kier molecular flexibility index (Phi) is 5.07. The van der Waals surface area contributed by atoms with Crippen molar-refractivity contribution in [2.45, 2.75) is 33.1 Å². The van der Waals surface area contributed by atoms with Gasteiger partial charge in [-0.15, -0.1) is 11.3 Å². The van der Waals surface area contributed by atoms with Crippen molar-refractivity contribution in [3.63, 3.8) is 0 Å². The Morgan fingerprint density at radius 1 is 1.35 bits per heavy atom. The van der Waals surface area contributed by atoms with Crippen LogP contribution in [0.5, 0.6) is 0 Å². The molecule has 0 saturated heterocycles. The van der Waals surface area contributed by atoms with Gasteiger partial charge in [0.05, 0.1) is 14.1 Å². The summed E-state index contributed by atoms with van der Waals surface area (Å²) < 4.78 is 2.15. The van der Waals surface area contributed by atoms with Crippen molar-refractivity contribution < 1.29 is 0 Å². The molecule has 0 aromatic carbocycles. The summed E-state index contributed by atoms with van der Waals surface area (Å²) in [5.41, 5.74) is 1.07. The first-order valence-corrected chi connectivity index (χ1v) is 9.15. The smallest absolute Gasteiger partial charge is 0.173 e. The molecule has 0 spiro atoms. The standard InChI is InChI=1S/C14H17BrIN3S/c1-5-17-12-9(16)11(14(2,3)4)18-13(19-12)10-8(15)6-7-20-10/h6-7H,5H2,1-4H3,(H,17,18,19). The van der Waals surface area contributed by atoms with Crippen LogP contribution < -0.4 is 5.32 Å². The number of nitrogens with one attached hydrogen (secondary N) is 1. The molecule has 0 radical (unpaired) electrons. The van der Waals surface area contributed by atoms with Gasteiger partial charge in [0.2, 0.25) is 0 Å². The Balaban J connectivity index is 2.65. The molecule has 108 valence electrons. The lowest BCUT2D eigenvalue weighted by Crippen LogP contribution is -2.19. The van der Waals surface area contributed by atoms with Crippen molar-refractivity contribution in [3.8, 4) is 10.7 Å². The highest BCUT2D eigenvalue weighted by atomic mass is 127. The molecule has 20 heavy (non-hydrogen) atoms. The van der Waals surface area contributed by atoms with E-state index in [1.807, 2.05) is 11.4 Å². The second-order valence-corrected chi connectivity index (χ2v) is 8.29. The van der Waals surface area contributed by atoms with Crippen LogP contribution in [-0.2, 0) is 5.41 Å². The number of anilines is 1. The molecular formula is C14H17BrIN3S. The van der Waals surface area contributed by atoms with Crippen LogP contribution in [0.4, 0.5) is 5.82 Å². The van der Waals surface area contributed by atoms with E-state index in [0.29, 0.717) is 0 Å². The summed E-state index contributed by atoms with van der Waals surface area (Å²) in [6.45, 7) is 9.47. The molecule has 3 nitrogen and oxygen atoms in total. The van der Waals surface area contributed by atoms with Gasteiger partial charge in [-0.3, -0.25) is 0 Å². The van der Waals surface area contributed by atoms with E-state index in [4.69, 9.17) is 9.97 Å². The monoisotopic (exact) mass is 465 g/mol. The average molecular weight is 466 g/mol. The lowest BCUT2D eigenvalue weighted by Gasteiger charge is -2.22. The fraction of sp³-hybridized carbons (Fsp3) is 0.429. The third kappa shape index (κ3) is 3.33. The zero-order valence-electron chi connectivity index (χ0n) is 11.9. The van der Waals surface area contributed by atoms with E-state index in [1.165, 1.54) is 0 Å². The number of aromatic nitrogens is 2. The van der Waals surface area contributed by atoms with Crippen molar-refractivity contribution >= 4 is 55.7 Å². The van der Waals surface area contributed by atoms with Gasteiger partial charge in [0.15, 0.2) is 5.82 Å². The van der Waals surface area contributed by atoms with Gasteiger partial charge < -0.3 is 5.32 Å². The van der Waals surface area contributed by atoms with Crippen LogP contribution in [0.15, 0.2) is 15.9 Å². The third-order valence-corrected chi connectivity index (χ3v) is 5.58. The van der Waals surface area contributed by atoms with Crippen LogP contribution in [0, 0.1) is 3.57 Å². The highest BCUT2D eigenvalue weighted by molar-refractivity contribution is 14.1. The summed E-state index contributed by atoms with van der Waals surface area (Å²) in [4.78, 5) is 10.6. The Labute approximate surface area is 145 Å². The number of hydrogen-bond acceptors (Lipinski definition) is 4. The van der Waals surface area contributed by atoms with E-state index in [9.17, 15) is 0 Å². The Bertz CT molecular complexity index is 619. The molecule has 0 aliphatic carbocycles. The fourth-order valence-electron chi connectivity index (χ4n) is 1.78. The lowest BCUT2D eigenvalue weighted by molar-refractivity contribution is 0.564. The van der Waals surface area contributed by atoms with Crippen LogP contribution in [0.3, 0.4) is 0 Å². The van der Waals surface area contributed by atoms with E-state index >= 15 is 0 Å². The van der Waals surface area contributed by atoms with Crippen LogP contribution in [0.25, 0.3) is 10.7 Å². The van der Waals surface area contributed by atoms with Gasteiger partial charge in [0, 0.05) is 16.4 Å². The number of rotatable bonds is 3. The second kappa shape index (κ2) is 6.27. The van der Waals surface area contributed by atoms with E-state index in [2.05, 4.69) is 71.5 Å². The van der Waals surface area contributed by atoms with Crippen molar-refractivity contribution in [3.05, 3.63) is 25.2 Å². The molecule has 6 heteroatoms. The maximum atomic E-state index is 4.81. The quantitative estimate of drug-likeness (QED) is 0.625. The first-order chi connectivity index (χ1) is 9.34. The van der Waals surface area contributed by atoms with Gasteiger partial charge >= 0.3 is 0 Å². The molecule has 0 atom stereocenters.